The molecular formula is C13H16N2O3. The van der Waals surface area contributed by atoms with Crippen molar-refractivity contribution in [3.63, 3.8) is 0 Å². The van der Waals surface area contributed by atoms with Gasteiger partial charge >= 0.3 is 6.09 Å². The number of carboxylic acid groups (broad SMARTS) is 1. The highest BCUT2D eigenvalue weighted by molar-refractivity contribution is 5.65. The van der Waals surface area contributed by atoms with E-state index >= 15 is 0 Å². The average molecular weight is 248 g/mol. The number of rotatable bonds is 1. The van der Waals surface area contributed by atoms with E-state index in [-0.39, 0.29) is 6.04 Å². The van der Waals surface area contributed by atoms with Gasteiger partial charge in [-0.05, 0) is 6.07 Å². The van der Waals surface area contributed by atoms with Gasteiger partial charge in [0.15, 0.2) is 0 Å². The topological polar surface area (TPSA) is 53.0 Å². The van der Waals surface area contributed by atoms with E-state index < -0.39 is 6.09 Å². The molecule has 1 amide bonds. The van der Waals surface area contributed by atoms with Crippen molar-refractivity contribution in [3.8, 4) is 5.75 Å². The van der Waals surface area contributed by atoms with Gasteiger partial charge in [-0.15, -0.1) is 0 Å². The highest BCUT2D eigenvalue weighted by Gasteiger charge is 2.32. The molecule has 18 heavy (non-hydrogen) atoms. The van der Waals surface area contributed by atoms with Crippen molar-refractivity contribution >= 4 is 6.09 Å². The Hall–Kier alpha value is -1.75. The zero-order valence-corrected chi connectivity index (χ0v) is 10.1. The number of hydrogen-bond acceptors (Lipinski definition) is 3. The first-order chi connectivity index (χ1) is 8.75. The van der Waals surface area contributed by atoms with Gasteiger partial charge in [0.05, 0.1) is 6.04 Å². The molecule has 3 rings (SSSR count). The normalized spacial score (nSPS) is 23.6. The zero-order valence-electron chi connectivity index (χ0n) is 10.1. The van der Waals surface area contributed by atoms with Crippen LogP contribution in [-0.4, -0.2) is 53.8 Å². The fourth-order valence-corrected chi connectivity index (χ4v) is 2.67. The van der Waals surface area contributed by atoms with Crippen molar-refractivity contribution in [3.05, 3.63) is 29.8 Å². The Labute approximate surface area is 106 Å². The monoisotopic (exact) mass is 248 g/mol. The number of hydrogen-bond donors (Lipinski definition) is 1. The molecule has 0 radical (unpaired) electrons. The molecular weight excluding hydrogens is 232 g/mol. The smallest absolute Gasteiger partial charge is 0.407 e. The molecule has 0 aliphatic carbocycles. The standard InChI is InChI=1S/C13H16N2O3/c16-13(17)15-7-5-14(6-8-15)11-9-18-12-4-2-1-3-10(11)12/h1-4,11H,5-9H2,(H,16,17). The first-order valence-corrected chi connectivity index (χ1v) is 6.19. The largest absolute Gasteiger partial charge is 0.491 e. The second kappa shape index (κ2) is 4.49. The third-order valence-electron chi connectivity index (χ3n) is 3.70. The van der Waals surface area contributed by atoms with Crippen molar-refractivity contribution in [2.45, 2.75) is 6.04 Å². The van der Waals surface area contributed by atoms with Gasteiger partial charge in [0, 0.05) is 31.7 Å². The molecule has 2 aliphatic heterocycles. The SMILES string of the molecule is O=C(O)N1CCN(C2COc3ccccc32)CC1. The predicted octanol–water partition coefficient (Wildman–Crippen LogP) is 1.42. The molecule has 1 fully saturated rings. The predicted molar refractivity (Wildman–Crippen MR) is 65.8 cm³/mol. The summed E-state index contributed by atoms with van der Waals surface area (Å²) < 4.78 is 5.67. The Morgan fingerprint density at radius 2 is 1.94 bits per heavy atom. The molecule has 0 aromatic heterocycles. The molecule has 0 bridgehead atoms. The molecule has 5 heteroatoms. The maximum atomic E-state index is 10.9. The lowest BCUT2D eigenvalue weighted by Crippen LogP contribution is -2.49. The van der Waals surface area contributed by atoms with Crippen molar-refractivity contribution < 1.29 is 14.6 Å². The van der Waals surface area contributed by atoms with Crippen LogP contribution in [0.4, 0.5) is 4.79 Å². The molecule has 1 saturated heterocycles. The minimum atomic E-state index is -0.822. The Balaban J connectivity index is 1.70. The Bertz CT molecular complexity index is 455. The summed E-state index contributed by atoms with van der Waals surface area (Å²) in [5.74, 6) is 0.961. The summed E-state index contributed by atoms with van der Waals surface area (Å²) in [5, 5.41) is 8.93. The number of ether oxygens (including phenoxy) is 1. The minimum absolute atomic E-state index is 0.275. The van der Waals surface area contributed by atoms with Crippen molar-refractivity contribution in [2.75, 3.05) is 32.8 Å². The third kappa shape index (κ3) is 1.90. The van der Waals surface area contributed by atoms with Crippen LogP contribution in [0.3, 0.4) is 0 Å². The summed E-state index contributed by atoms with van der Waals surface area (Å²) in [7, 11) is 0. The van der Waals surface area contributed by atoms with Crippen molar-refractivity contribution in [1.29, 1.82) is 0 Å². The fourth-order valence-electron chi connectivity index (χ4n) is 2.67. The fraction of sp³-hybridized carbons (Fsp3) is 0.462. The van der Waals surface area contributed by atoms with Gasteiger partial charge < -0.3 is 14.7 Å². The summed E-state index contributed by atoms with van der Waals surface area (Å²) in [6.07, 6.45) is -0.822. The number of benzene rings is 1. The van der Waals surface area contributed by atoms with E-state index in [9.17, 15) is 4.79 Å². The molecule has 96 valence electrons. The molecule has 0 spiro atoms. The highest BCUT2D eigenvalue weighted by Crippen LogP contribution is 2.35. The minimum Gasteiger partial charge on any atom is -0.491 e. The van der Waals surface area contributed by atoms with Crippen LogP contribution in [0.5, 0.6) is 5.75 Å². The van der Waals surface area contributed by atoms with Crippen LogP contribution in [0.25, 0.3) is 0 Å². The molecule has 1 unspecified atom stereocenters. The Morgan fingerprint density at radius 3 is 2.67 bits per heavy atom. The van der Waals surface area contributed by atoms with E-state index in [1.54, 1.807) is 0 Å². The highest BCUT2D eigenvalue weighted by atomic mass is 16.5. The van der Waals surface area contributed by atoms with Crippen molar-refractivity contribution in [1.82, 2.24) is 9.80 Å². The van der Waals surface area contributed by atoms with Gasteiger partial charge in [0.2, 0.25) is 0 Å². The number of para-hydroxylation sites is 1. The van der Waals surface area contributed by atoms with Gasteiger partial charge in [-0.3, -0.25) is 4.90 Å². The lowest BCUT2D eigenvalue weighted by atomic mass is 10.1. The van der Waals surface area contributed by atoms with Gasteiger partial charge in [-0.2, -0.15) is 0 Å². The average Bonchev–Trinajstić information content (AvgIpc) is 2.82. The van der Waals surface area contributed by atoms with Gasteiger partial charge in [0.25, 0.3) is 0 Å². The lowest BCUT2D eigenvalue weighted by Gasteiger charge is -2.36. The van der Waals surface area contributed by atoms with Crippen LogP contribution in [0.2, 0.25) is 0 Å². The molecule has 1 aromatic carbocycles. The van der Waals surface area contributed by atoms with Crippen LogP contribution in [0.1, 0.15) is 11.6 Å². The van der Waals surface area contributed by atoms with Gasteiger partial charge in [-0.1, -0.05) is 18.2 Å². The van der Waals surface area contributed by atoms with Crippen LogP contribution in [0.15, 0.2) is 24.3 Å². The van der Waals surface area contributed by atoms with Crippen LogP contribution in [-0.2, 0) is 0 Å². The number of amides is 1. The first kappa shape index (κ1) is 11.3. The van der Waals surface area contributed by atoms with Crippen LogP contribution >= 0.6 is 0 Å². The second-order valence-corrected chi connectivity index (χ2v) is 4.67. The lowest BCUT2D eigenvalue weighted by molar-refractivity contribution is 0.0777. The summed E-state index contributed by atoms with van der Waals surface area (Å²) in [6, 6.07) is 8.36. The summed E-state index contributed by atoms with van der Waals surface area (Å²) in [4.78, 5) is 14.6. The van der Waals surface area contributed by atoms with E-state index in [2.05, 4.69) is 11.0 Å². The molecule has 5 nitrogen and oxygen atoms in total. The van der Waals surface area contributed by atoms with E-state index in [4.69, 9.17) is 9.84 Å². The Kier molecular flexibility index (Phi) is 2.83. The second-order valence-electron chi connectivity index (χ2n) is 4.67. The van der Waals surface area contributed by atoms with Crippen LogP contribution < -0.4 is 4.74 Å². The third-order valence-corrected chi connectivity index (χ3v) is 3.70. The van der Waals surface area contributed by atoms with Gasteiger partial charge in [-0.25, -0.2) is 4.79 Å². The van der Waals surface area contributed by atoms with E-state index in [0.717, 1.165) is 18.8 Å². The van der Waals surface area contributed by atoms with E-state index in [0.29, 0.717) is 19.7 Å². The number of carbonyl (C=O) groups is 1. The van der Waals surface area contributed by atoms with Gasteiger partial charge in [0.1, 0.15) is 12.4 Å². The van der Waals surface area contributed by atoms with E-state index in [1.807, 2.05) is 18.2 Å². The molecule has 2 heterocycles. The molecule has 0 saturated carbocycles. The summed E-state index contributed by atoms with van der Waals surface area (Å²) >= 11 is 0. The maximum absolute atomic E-state index is 10.9. The quantitative estimate of drug-likeness (QED) is 0.816. The molecule has 1 aromatic rings. The first-order valence-electron chi connectivity index (χ1n) is 6.19. The van der Waals surface area contributed by atoms with E-state index in [1.165, 1.54) is 10.5 Å². The maximum Gasteiger partial charge on any atom is 0.407 e. The molecule has 1 N–H and O–H groups in total. The number of piperazine rings is 1. The number of fused-ring (bicyclic) bond motifs is 1. The summed E-state index contributed by atoms with van der Waals surface area (Å²) in [6.45, 7) is 3.37. The molecule has 2 aliphatic rings. The number of nitrogens with zero attached hydrogens (tertiary/aromatic N) is 2. The van der Waals surface area contributed by atoms with Crippen LogP contribution in [0, 0.1) is 0 Å². The Morgan fingerprint density at radius 1 is 1.22 bits per heavy atom. The zero-order chi connectivity index (χ0) is 12.5. The summed E-state index contributed by atoms with van der Waals surface area (Å²) in [5.41, 5.74) is 1.22. The van der Waals surface area contributed by atoms with Crippen molar-refractivity contribution in [2.24, 2.45) is 0 Å². The molecule has 1 atom stereocenters.